The molecule has 0 heterocycles. The number of hydrogen-bond donors (Lipinski definition) is 1. The first-order valence-corrected chi connectivity index (χ1v) is 7.23. The first-order chi connectivity index (χ1) is 8.97. The van der Waals surface area contributed by atoms with E-state index in [4.69, 9.17) is 18.0 Å². The van der Waals surface area contributed by atoms with Crippen molar-refractivity contribution in [1.29, 1.82) is 0 Å². The number of nitrogens with two attached hydrogens (primary N) is 1. The largest absolute Gasteiger partial charge is 0.281 e. The van der Waals surface area contributed by atoms with Gasteiger partial charge in [0, 0.05) is 6.54 Å². The fourth-order valence-electron chi connectivity index (χ4n) is 1.61. The van der Waals surface area contributed by atoms with Crippen LogP contribution in [0.15, 0.2) is 29.2 Å². The molecule has 0 saturated heterocycles. The lowest BCUT2D eigenvalue weighted by atomic mass is 10.1. The summed E-state index contributed by atoms with van der Waals surface area (Å²) in [6.45, 7) is 1.72. The first kappa shape index (κ1) is 15.3. The summed E-state index contributed by atoms with van der Waals surface area (Å²) in [5, 5.41) is 5.03. The van der Waals surface area contributed by atoms with Gasteiger partial charge in [-0.1, -0.05) is 24.0 Å². The lowest BCUT2D eigenvalue weighted by Gasteiger charge is -2.16. The quantitative estimate of drug-likeness (QED) is 0.767. The van der Waals surface area contributed by atoms with E-state index in [-0.39, 0.29) is 4.90 Å². The van der Waals surface area contributed by atoms with Gasteiger partial charge in [0.25, 0.3) is 0 Å². The third kappa shape index (κ3) is 5.15. The second kappa shape index (κ2) is 6.96. The Morgan fingerprint density at radius 3 is 2.05 bits per heavy atom. The molecule has 0 aliphatic heterocycles. The summed E-state index contributed by atoms with van der Waals surface area (Å²) in [4.78, 5) is 2.08. The summed E-state index contributed by atoms with van der Waals surface area (Å²) in [5.74, 6) is 5.10. The molecule has 0 spiro atoms. The van der Waals surface area contributed by atoms with Crippen LogP contribution in [-0.4, -0.2) is 33.0 Å². The molecular weight excluding hydrogens is 260 g/mol. The molecule has 0 saturated carbocycles. The Balaban J connectivity index is 2.64. The maximum atomic E-state index is 11.1. The summed E-state index contributed by atoms with van der Waals surface area (Å²) >= 11 is 0. The maximum absolute atomic E-state index is 11.1. The molecule has 100 valence electrons. The summed E-state index contributed by atoms with van der Waals surface area (Å²) in [5.41, 5.74) is 1.01. The minimum Gasteiger partial charge on any atom is -0.281 e. The van der Waals surface area contributed by atoms with Crippen molar-refractivity contribution in [3.63, 3.8) is 0 Å². The van der Waals surface area contributed by atoms with Crippen molar-refractivity contribution >= 4 is 10.0 Å². The number of benzene rings is 1. The highest BCUT2D eigenvalue weighted by Gasteiger charge is 2.07. The van der Waals surface area contributed by atoms with E-state index in [1.165, 1.54) is 12.1 Å². The topological polar surface area (TPSA) is 63.4 Å². The number of terminal acetylenes is 2. The van der Waals surface area contributed by atoms with Gasteiger partial charge in [0.2, 0.25) is 10.0 Å². The van der Waals surface area contributed by atoms with Crippen molar-refractivity contribution in [2.75, 3.05) is 19.6 Å². The predicted molar refractivity (Wildman–Crippen MR) is 75.6 cm³/mol. The van der Waals surface area contributed by atoms with E-state index >= 15 is 0 Å². The minimum atomic E-state index is -3.63. The second-order valence-corrected chi connectivity index (χ2v) is 5.62. The van der Waals surface area contributed by atoms with Gasteiger partial charge in [0.05, 0.1) is 18.0 Å². The van der Waals surface area contributed by atoms with E-state index < -0.39 is 10.0 Å². The van der Waals surface area contributed by atoms with Gasteiger partial charge in [-0.05, 0) is 24.1 Å². The molecule has 0 aromatic heterocycles. The summed E-state index contributed by atoms with van der Waals surface area (Å²) in [6.07, 6.45) is 11.3. The average Bonchev–Trinajstić information content (AvgIpc) is 2.36. The number of primary sulfonamides is 1. The maximum Gasteiger partial charge on any atom is 0.238 e. The SMILES string of the molecule is C#CCN(CC#C)CCc1ccc(S(N)(=O)=O)cc1. The van der Waals surface area contributed by atoms with Crippen molar-refractivity contribution in [3.8, 4) is 24.7 Å². The third-order valence-electron chi connectivity index (χ3n) is 2.60. The van der Waals surface area contributed by atoms with Gasteiger partial charge in [-0.2, -0.15) is 0 Å². The van der Waals surface area contributed by atoms with Crippen LogP contribution in [0, 0.1) is 24.7 Å². The molecule has 4 nitrogen and oxygen atoms in total. The minimum absolute atomic E-state index is 0.111. The van der Waals surface area contributed by atoms with Crippen LogP contribution in [0.1, 0.15) is 5.56 Å². The molecule has 0 aliphatic rings. The van der Waals surface area contributed by atoms with E-state index in [9.17, 15) is 8.42 Å². The van der Waals surface area contributed by atoms with Crippen LogP contribution in [0.5, 0.6) is 0 Å². The molecule has 19 heavy (non-hydrogen) atoms. The zero-order valence-electron chi connectivity index (χ0n) is 10.5. The van der Waals surface area contributed by atoms with Crippen LogP contribution in [0.2, 0.25) is 0 Å². The van der Waals surface area contributed by atoms with E-state index in [0.717, 1.165) is 18.5 Å². The Bertz CT molecular complexity index is 576. The Labute approximate surface area is 114 Å². The van der Waals surface area contributed by atoms with Gasteiger partial charge in [-0.25, -0.2) is 13.6 Å². The molecule has 0 amide bonds. The van der Waals surface area contributed by atoms with Crippen molar-refractivity contribution in [2.24, 2.45) is 5.14 Å². The van der Waals surface area contributed by atoms with Gasteiger partial charge in [-0.3, -0.25) is 4.90 Å². The fourth-order valence-corrected chi connectivity index (χ4v) is 2.12. The average molecular weight is 276 g/mol. The Hall–Kier alpha value is -1.79. The van der Waals surface area contributed by atoms with E-state index in [2.05, 4.69) is 11.8 Å². The number of hydrogen-bond acceptors (Lipinski definition) is 3. The number of nitrogens with zero attached hydrogens (tertiary/aromatic N) is 1. The van der Waals surface area contributed by atoms with Crippen molar-refractivity contribution in [2.45, 2.75) is 11.3 Å². The van der Waals surface area contributed by atoms with Crippen molar-refractivity contribution in [1.82, 2.24) is 4.90 Å². The Morgan fingerprint density at radius 2 is 1.63 bits per heavy atom. The summed E-state index contributed by atoms with van der Waals surface area (Å²) in [7, 11) is -3.63. The third-order valence-corrected chi connectivity index (χ3v) is 3.53. The van der Waals surface area contributed by atoms with Crippen LogP contribution in [0.25, 0.3) is 0 Å². The molecule has 5 heteroatoms. The lowest BCUT2D eigenvalue weighted by Crippen LogP contribution is -2.26. The van der Waals surface area contributed by atoms with Gasteiger partial charge >= 0.3 is 0 Å². The highest BCUT2D eigenvalue weighted by Crippen LogP contribution is 2.09. The Kier molecular flexibility index (Phi) is 5.59. The molecule has 0 fully saturated rings. The highest BCUT2D eigenvalue weighted by molar-refractivity contribution is 7.89. The molecule has 2 N–H and O–H groups in total. The Morgan fingerprint density at radius 1 is 1.11 bits per heavy atom. The standard InChI is InChI=1S/C14H16N2O2S/c1-3-10-16(11-4-2)12-9-13-5-7-14(8-6-13)19(15,17)18/h1-2,5-8H,9-12H2,(H2,15,17,18). The lowest BCUT2D eigenvalue weighted by molar-refractivity contribution is 0.350. The summed E-state index contributed by atoms with van der Waals surface area (Å²) in [6, 6.07) is 6.47. The van der Waals surface area contributed by atoms with E-state index in [0.29, 0.717) is 13.1 Å². The van der Waals surface area contributed by atoms with Gasteiger partial charge in [-0.15, -0.1) is 12.8 Å². The van der Waals surface area contributed by atoms with Crippen molar-refractivity contribution in [3.05, 3.63) is 29.8 Å². The molecule has 0 radical (unpaired) electrons. The van der Waals surface area contributed by atoms with E-state index in [1.807, 2.05) is 4.90 Å². The smallest absolute Gasteiger partial charge is 0.238 e. The van der Waals surface area contributed by atoms with Gasteiger partial charge < -0.3 is 0 Å². The zero-order valence-corrected chi connectivity index (χ0v) is 11.4. The first-order valence-electron chi connectivity index (χ1n) is 5.68. The van der Waals surface area contributed by atoms with Crippen LogP contribution in [-0.2, 0) is 16.4 Å². The summed E-state index contributed by atoms with van der Waals surface area (Å²) < 4.78 is 22.2. The predicted octanol–water partition coefficient (Wildman–Crippen LogP) is 0.445. The highest BCUT2D eigenvalue weighted by atomic mass is 32.2. The monoisotopic (exact) mass is 276 g/mol. The van der Waals surface area contributed by atoms with Gasteiger partial charge in [0.15, 0.2) is 0 Å². The van der Waals surface area contributed by atoms with Crippen LogP contribution >= 0.6 is 0 Å². The van der Waals surface area contributed by atoms with E-state index in [1.54, 1.807) is 12.1 Å². The van der Waals surface area contributed by atoms with Crippen LogP contribution in [0.4, 0.5) is 0 Å². The van der Waals surface area contributed by atoms with Crippen molar-refractivity contribution < 1.29 is 8.42 Å². The number of rotatable bonds is 6. The second-order valence-electron chi connectivity index (χ2n) is 4.06. The number of sulfonamides is 1. The molecule has 0 atom stereocenters. The molecular formula is C14H16N2O2S. The molecule has 0 bridgehead atoms. The molecule has 0 aliphatic carbocycles. The normalized spacial score (nSPS) is 10.9. The van der Waals surface area contributed by atoms with Crippen LogP contribution in [0.3, 0.4) is 0 Å². The molecule has 0 unspecified atom stereocenters. The zero-order chi connectivity index (χ0) is 14.3. The fraction of sp³-hybridized carbons (Fsp3) is 0.286. The molecule has 1 aromatic carbocycles. The molecule has 1 rings (SSSR count). The molecule has 1 aromatic rings. The van der Waals surface area contributed by atoms with Crippen LogP contribution < -0.4 is 5.14 Å². The van der Waals surface area contributed by atoms with Gasteiger partial charge in [0.1, 0.15) is 0 Å².